The Morgan fingerprint density at radius 2 is 1.81 bits per heavy atom. The van der Waals surface area contributed by atoms with Gasteiger partial charge in [-0.15, -0.1) is 0 Å². The van der Waals surface area contributed by atoms with Gasteiger partial charge in [-0.05, 0) is 12.3 Å². The molecule has 21 heavy (non-hydrogen) atoms. The Hall–Kier alpha value is -1.10. The molecular formula is C16H32NO4+. The second-order valence-electron chi connectivity index (χ2n) is 6.97. The molecule has 2 atom stereocenters. The van der Waals surface area contributed by atoms with Crippen LogP contribution < -0.4 is 0 Å². The summed E-state index contributed by atoms with van der Waals surface area (Å²) in [7, 11) is 5.86. The molecule has 0 aromatic heterocycles. The molecule has 0 aliphatic heterocycles. The van der Waals surface area contributed by atoms with Crippen molar-refractivity contribution >= 4 is 11.9 Å². The van der Waals surface area contributed by atoms with Crippen molar-refractivity contribution < 1.29 is 23.9 Å². The number of carboxylic acid groups (broad SMARTS) is 1. The van der Waals surface area contributed by atoms with Gasteiger partial charge in [0.05, 0.1) is 27.6 Å². The maximum Gasteiger partial charge on any atom is 0.307 e. The average Bonchev–Trinajstić information content (AvgIpc) is 2.25. The van der Waals surface area contributed by atoms with Crippen LogP contribution in [0.25, 0.3) is 0 Å². The third kappa shape index (κ3) is 12.4. The fraction of sp³-hybridized carbons (Fsp3) is 0.875. The molecule has 0 saturated carbocycles. The van der Waals surface area contributed by atoms with Crippen LogP contribution in [-0.4, -0.2) is 55.3 Å². The first kappa shape index (κ1) is 19.9. The average molecular weight is 302 g/mol. The number of carbonyl (C=O) groups is 2. The first-order valence-corrected chi connectivity index (χ1v) is 7.85. The summed E-state index contributed by atoms with van der Waals surface area (Å²) in [6.45, 7) is 4.86. The molecule has 5 nitrogen and oxygen atoms in total. The lowest BCUT2D eigenvalue weighted by Gasteiger charge is -2.28. The molecule has 124 valence electrons. The minimum Gasteiger partial charge on any atom is -0.481 e. The van der Waals surface area contributed by atoms with Gasteiger partial charge >= 0.3 is 11.9 Å². The summed E-state index contributed by atoms with van der Waals surface area (Å²) in [5, 5.41) is 8.90. The highest BCUT2D eigenvalue weighted by atomic mass is 16.5. The van der Waals surface area contributed by atoms with E-state index in [1.807, 2.05) is 21.1 Å². The SMILES string of the molecule is CCCC(C)CCCC(=O)OC(CC(=O)O)C[N+](C)(C)C. The van der Waals surface area contributed by atoms with Crippen molar-refractivity contribution in [3.05, 3.63) is 0 Å². The third-order valence-corrected chi connectivity index (χ3v) is 3.31. The number of nitrogens with zero attached hydrogens (tertiary/aromatic N) is 1. The first-order chi connectivity index (χ1) is 9.64. The van der Waals surface area contributed by atoms with Crippen LogP contribution in [0, 0.1) is 5.92 Å². The van der Waals surface area contributed by atoms with Crippen molar-refractivity contribution in [2.75, 3.05) is 27.7 Å². The van der Waals surface area contributed by atoms with Crippen molar-refractivity contribution in [2.45, 2.75) is 58.5 Å². The van der Waals surface area contributed by atoms with E-state index in [4.69, 9.17) is 9.84 Å². The van der Waals surface area contributed by atoms with Crippen LogP contribution in [0.2, 0.25) is 0 Å². The van der Waals surface area contributed by atoms with Gasteiger partial charge in [0, 0.05) is 6.42 Å². The first-order valence-electron chi connectivity index (χ1n) is 7.85. The fourth-order valence-electron chi connectivity index (χ4n) is 2.43. The summed E-state index contributed by atoms with van der Waals surface area (Å²) in [6.07, 6.45) is 3.86. The summed E-state index contributed by atoms with van der Waals surface area (Å²) in [5.74, 6) is -0.583. The van der Waals surface area contributed by atoms with Crippen LogP contribution >= 0.6 is 0 Å². The van der Waals surface area contributed by atoms with E-state index >= 15 is 0 Å². The Kier molecular flexibility index (Phi) is 9.26. The van der Waals surface area contributed by atoms with E-state index in [0.717, 1.165) is 19.3 Å². The Bertz CT molecular complexity index is 323. The van der Waals surface area contributed by atoms with Crippen molar-refractivity contribution in [2.24, 2.45) is 5.92 Å². The number of aliphatic carboxylic acids is 1. The lowest BCUT2D eigenvalue weighted by Crippen LogP contribution is -2.43. The minimum atomic E-state index is -0.933. The van der Waals surface area contributed by atoms with Crippen LogP contribution in [-0.2, 0) is 14.3 Å². The van der Waals surface area contributed by atoms with E-state index in [0.29, 0.717) is 23.4 Å². The molecule has 0 aromatic carbocycles. The third-order valence-electron chi connectivity index (χ3n) is 3.31. The summed E-state index contributed by atoms with van der Waals surface area (Å²) < 4.78 is 5.91. The molecule has 2 unspecified atom stereocenters. The molecule has 0 aromatic rings. The number of hydrogen-bond acceptors (Lipinski definition) is 3. The summed E-state index contributed by atoms with van der Waals surface area (Å²) >= 11 is 0. The number of ether oxygens (including phenoxy) is 1. The zero-order valence-electron chi connectivity index (χ0n) is 14.2. The lowest BCUT2D eigenvalue weighted by molar-refractivity contribution is -0.873. The molecule has 0 fully saturated rings. The molecule has 0 heterocycles. The summed E-state index contributed by atoms with van der Waals surface area (Å²) in [5.41, 5.74) is 0. The molecule has 0 rings (SSSR count). The minimum absolute atomic E-state index is 0.131. The number of rotatable bonds is 11. The number of carboxylic acids is 1. The molecule has 0 aliphatic carbocycles. The largest absolute Gasteiger partial charge is 0.481 e. The Morgan fingerprint density at radius 3 is 2.29 bits per heavy atom. The molecule has 0 amide bonds. The van der Waals surface area contributed by atoms with Crippen LogP contribution in [0.1, 0.15) is 52.4 Å². The van der Waals surface area contributed by atoms with Crippen LogP contribution in [0.3, 0.4) is 0 Å². The van der Waals surface area contributed by atoms with Gasteiger partial charge < -0.3 is 14.3 Å². The number of esters is 1. The standard InChI is InChI=1S/C16H31NO4/c1-6-8-13(2)9-7-10-16(20)21-14(11-15(18)19)12-17(3,4)5/h13-14H,6-12H2,1-5H3/p+1. The lowest BCUT2D eigenvalue weighted by atomic mass is 9.99. The van der Waals surface area contributed by atoms with E-state index in [1.54, 1.807) is 0 Å². The van der Waals surface area contributed by atoms with Gasteiger partial charge in [0.2, 0.25) is 0 Å². The maximum absolute atomic E-state index is 11.8. The van der Waals surface area contributed by atoms with Crippen LogP contribution in [0.5, 0.6) is 0 Å². The maximum atomic E-state index is 11.8. The van der Waals surface area contributed by atoms with Crippen molar-refractivity contribution in [3.63, 3.8) is 0 Å². The van der Waals surface area contributed by atoms with Crippen molar-refractivity contribution in [1.29, 1.82) is 0 Å². The second-order valence-corrected chi connectivity index (χ2v) is 6.97. The van der Waals surface area contributed by atoms with Gasteiger partial charge in [0.1, 0.15) is 6.54 Å². The molecule has 0 spiro atoms. The number of hydrogen-bond donors (Lipinski definition) is 1. The molecule has 5 heteroatoms. The fourth-order valence-corrected chi connectivity index (χ4v) is 2.43. The van der Waals surface area contributed by atoms with Crippen molar-refractivity contribution in [1.82, 2.24) is 0 Å². The molecule has 0 radical (unpaired) electrons. The van der Waals surface area contributed by atoms with E-state index in [2.05, 4.69) is 13.8 Å². The molecular weight excluding hydrogens is 270 g/mol. The Labute approximate surface area is 128 Å². The highest BCUT2D eigenvalue weighted by Gasteiger charge is 2.24. The normalized spacial score (nSPS) is 14.5. The smallest absolute Gasteiger partial charge is 0.307 e. The van der Waals surface area contributed by atoms with Gasteiger partial charge in [-0.1, -0.05) is 33.1 Å². The highest BCUT2D eigenvalue weighted by molar-refractivity contribution is 5.71. The second kappa shape index (κ2) is 9.77. The zero-order chi connectivity index (χ0) is 16.5. The van der Waals surface area contributed by atoms with Crippen LogP contribution in [0.15, 0.2) is 0 Å². The van der Waals surface area contributed by atoms with Gasteiger partial charge in [-0.2, -0.15) is 0 Å². The van der Waals surface area contributed by atoms with Gasteiger partial charge in [-0.3, -0.25) is 9.59 Å². The predicted octanol–water partition coefficient (Wildman–Crippen LogP) is 2.69. The van der Waals surface area contributed by atoms with Crippen LogP contribution in [0.4, 0.5) is 0 Å². The zero-order valence-corrected chi connectivity index (χ0v) is 14.2. The van der Waals surface area contributed by atoms with Gasteiger partial charge in [0.25, 0.3) is 0 Å². The molecule has 0 bridgehead atoms. The highest BCUT2D eigenvalue weighted by Crippen LogP contribution is 2.14. The number of carbonyl (C=O) groups excluding carboxylic acids is 1. The Morgan fingerprint density at radius 1 is 1.19 bits per heavy atom. The number of quaternary nitrogens is 1. The summed E-state index contributed by atoms with van der Waals surface area (Å²) in [6, 6.07) is 0. The quantitative estimate of drug-likeness (QED) is 0.471. The molecule has 0 saturated heterocycles. The van der Waals surface area contributed by atoms with E-state index in [1.165, 1.54) is 6.42 Å². The topological polar surface area (TPSA) is 63.6 Å². The van der Waals surface area contributed by atoms with Gasteiger partial charge in [0.15, 0.2) is 6.10 Å². The molecule has 0 aliphatic rings. The van der Waals surface area contributed by atoms with Crippen molar-refractivity contribution in [3.8, 4) is 0 Å². The molecule has 1 N–H and O–H groups in total. The van der Waals surface area contributed by atoms with E-state index in [-0.39, 0.29) is 12.4 Å². The Balaban J connectivity index is 4.18. The van der Waals surface area contributed by atoms with E-state index in [9.17, 15) is 9.59 Å². The number of likely N-dealkylation sites (N-methyl/N-ethyl adjacent to an activating group) is 1. The monoisotopic (exact) mass is 302 g/mol. The van der Waals surface area contributed by atoms with Gasteiger partial charge in [-0.25, -0.2) is 0 Å². The predicted molar refractivity (Wildman–Crippen MR) is 83.0 cm³/mol. The summed E-state index contributed by atoms with van der Waals surface area (Å²) in [4.78, 5) is 22.7. The van der Waals surface area contributed by atoms with E-state index < -0.39 is 12.1 Å².